The summed E-state index contributed by atoms with van der Waals surface area (Å²) in [6, 6.07) is 0.509. The van der Waals surface area contributed by atoms with Crippen molar-refractivity contribution in [3.05, 3.63) is 40.9 Å². The number of rotatable bonds is 8. The number of methoxy groups -OCH3 is 1. The maximum absolute atomic E-state index is 14.1. The lowest BCUT2D eigenvalue weighted by Crippen LogP contribution is -2.14. The largest absolute Gasteiger partial charge is 0.377 e. The predicted octanol–water partition coefficient (Wildman–Crippen LogP) is 5.39. The van der Waals surface area contributed by atoms with Gasteiger partial charge >= 0.3 is 0 Å². The van der Waals surface area contributed by atoms with Gasteiger partial charge in [-0.05, 0) is 52.4 Å². The fourth-order valence-corrected chi connectivity index (χ4v) is 4.92. The van der Waals surface area contributed by atoms with Crippen LogP contribution in [0.25, 0.3) is 11.2 Å². The molecule has 2 aliphatic rings. The Morgan fingerprint density at radius 3 is 2.41 bits per heavy atom. The summed E-state index contributed by atoms with van der Waals surface area (Å²) in [6.45, 7) is 5.86. The van der Waals surface area contributed by atoms with Crippen molar-refractivity contribution in [1.82, 2.24) is 29.7 Å². The predicted molar refractivity (Wildman–Crippen MR) is 124 cm³/mol. The minimum Gasteiger partial charge on any atom is -0.377 e. The standard InChI is InChI=1S/C25H32F2N6O/c1-5-15(10-21(34-4)17-11-28-33(12-17)18-6-7-18)24-31-22(16-8-19(26)20(27)9-16)23-25(32-24)30-14(3)13(2)29-23/h11-12,15-16,18-21H,5-10H2,1-4H3. The number of nitrogens with zero attached hydrogens (tertiary/aromatic N) is 6. The van der Waals surface area contributed by atoms with Crippen molar-refractivity contribution in [3.63, 3.8) is 0 Å². The van der Waals surface area contributed by atoms with Crippen molar-refractivity contribution in [3.8, 4) is 0 Å². The van der Waals surface area contributed by atoms with Crippen LogP contribution in [0.3, 0.4) is 0 Å². The summed E-state index contributed by atoms with van der Waals surface area (Å²) < 4.78 is 36.1. The minimum atomic E-state index is -1.47. The number of aromatic nitrogens is 6. The monoisotopic (exact) mass is 470 g/mol. The summed E-state index contributed by atoms with van der Waals surface area (Å²) in [7, 11) is 1.71. The molecule has 2 saturated carbocycles. The molecule has 5 rings (SSSR count). The Hall–Kier alpha value is -2.55. The molecule has 4 atom stereocenters. The van der Waals surface area contributed by atoms with E-state index in [4.69, 9.17) is 14.7 Å². The van der Waals surface area contributed by atoms with Gasteiger partial charge in [0.25, 0.3) is 0 Å². The molecule has 3 aromatic rings. The minimum absolute atomic E-state index is 0.00969. The van der Waals surface area contributed by atoms with Gasteiger partial charge in [-0.3, -0.25) is 4.68 Å². The normalized spacial score (nSPS) is 24.6. The van der Waals surface area contributed by atoms with E-state index in [0.717, 1.165) is 23.4 Å². The van der Waals surface area contributed by atoms with E-state index in [2.05, 4.69) is 28.2 Å². The highest BCUT2D eigenvalue weighted by molar-refractivity contribution is 5.73. The van der Waals surface area contributed by atoms with Crippen LogP contribution in [0.4, 0.5) is 8.78 Å². The summed E-state index contributed by atoms with van der Waals surface area (Å²) in [5, 5.41) is 4.51. The maximum atomic E-state index is 14.1. The molecule has 0 spiro atoms. The van der Waals surface area contributed by atoms with Crippen LogP contribution in [-0.2, 0) is 4.74 Å². The molecule has 3 aromatic heterocycles. The lowest BCUT2D eigenvalue weighted by molar-refractivity contribution is 0.0875. The van der Waals surface area contributed by atoms with E-state index >= 15 is 0 Å². The van der Waals surface area contributed by atoms with Crippen LogP contribution in [0.2, 0.25) is 0 Å². The molecular weight excluding hydrogens is 438 g/mol. The van der Waals surface area contributed by atoms with Crippen LogP contribution >= 0.6 is 0 Å². The average molecular weight is 471 g/mol. The van der Waals surface area contributed by atoms with E-state index in [1.165, 1.54) is 12.8 Å². The highest BCUT2D eigenvalue weighted by Gasteiger charge is 2.38. The molecular formula is C25H32F2N6O. The summed E-state index contributed by atoms with van der Waals surface area (Å²) in [5.41, 5.74) is 4.27. The molecule has 0 saturated heterocycles. The first kappa shape index (κ1) is 23.2. The Labute approximate surface area is 198 Å². The zero-order valence-electron chi connectivity index (χ0n) is 20.2. The van der Waals surface area contributed by atoms with Crippen LogP contribution in [0.5, 0.6) is 0 Å². The molecule has 2 fully saturated rings. The van der Waals surface area contributed by atoms with Crippen molar-refractivity contribution in [2.45, 2.75) is 95.6 Å². The van der Waals surface area contributed by atoms with Crippen molar-refractivity contribution in [2.24, 2.45) is 0 Å². The maximum Gasteiger partial charge on any atom is 0.182 e. The number of fused-ring (bicyclic) bond motifs is 1. The highest BCUT2D eigenvalue weighted by atomic mass is 19.2. The Balaban J connectivity index is 1.50. The lowest BCUT2D eigenvalue weighted by atomic mass is 9.94. The first-order chi connectivity index (χ1) is 16.4. The molecule has 7 nitrogen and oxygen atoms in total. The molecule has 182 valence electrons. The van der Waals surface area contributed by atoms with Crippen molar-refractivity contribution in [1.29, 1.82) is 0 Å². The van der Waals surface area contributed by atoms with E-state index in [9.17, 15) is 8.78 Å². The van der Waals surface area contributed by atoms with Crippen LogP contribution in [0, 0.1) is 13.8 Å². The topological polar surface area (TPSA) is 78.6 Å². The van der Waals surface area contributed by atoms with E-state index in [0.29, 0.717) is 35.1 Å². The van der Waals surface area contributed by atoms with Crippen molar-refractivity contribution in [2.75, 3.05) is 7.11 Å². The van der Waals surface area contributed by atoms with Gasteiger partial charge in [0.05, 0.1) is 35.4 Å². The molecule has 0 radical (unpaired) electrons. The molecule has 2 aliphatic carbocycles. The van der Waals surface area contributed by atoms with Gasteiger partial charge < -0.3 is 4.74 Å². The highest BCUT2D eigenvalue weighted by Crippen LogP contribution is 2.41. The second-order valence-corrected chi connectivity index (χ2v) is 9.78. The Morgan fingerprint density at radius 2 is 1.76 bits per heavy atom. The number of hydrogen-bond donors (Lipinski definition) is 0. The molecule has 0 aromatic carbocycles. The Kier molecular flexibility index (Phi) is 6.31. The van der Waals surface area contributed by atoms with E-state index in [-0.39, 0.29) is 30.8 Å². The van der Waals surface area contributed by atoms with Gasteiger partial charge in [0.2, 0.25) is 0 Å². The third-order valence-corrected chi connectivity index (χ3v) is 7.34. The summed E-state index contributed by atoms with van der Waals surface area (Å²) in [5.74, 6) is 0.291. The van der Waals surface area contributed by atoms with Gasteiger partial charge in [0, 0.05) is 30.7 Å². The van der Waals surface area contributed by atoms with Crippen LogP contribution in [0.1, 0.15) is 97.9 Å². The van der Waals surface area contributed by atoms with Gasteiger partial charge in [-0.25, -0.2) is 28.7 Å². The number of ether oxygens (including phenoxy) is 1. The Morgan fingerprint density at radius 1 is 1.06 bits per heavy atom. The second kappa shape index (κ2) is 9.24. The smallest absolute Gasteiger partial charge is 0.182 e. The quantitative estimate of drug-likeness (QED) is 0.439. The van der Waals surface area contributed by atoms with Gasteiger partial charge in [0.1, 0.15) is 23.7 Å². The number of aryl methyl sites for hydroxylation is 2. The summed E-state index contributed by atoms with van der Waals surface area (Å²) >= 11 is 0. The lowest BCUT2D eigenvalue weighted by Gasteiger charge is -2.22. The van der Waals surface area contributed by atoms with Crippen LogP contribution < -0.4 is 0 Å². The molecule has 0 bridgehead atoms. The molecule has 4 unspecified atom stereocenters. The first-order valence-corrected chi connectivity index (χ1v) is 12.3. The average Bonchev–Trinajstić information content (AvgIpc) is 3.46. The van der Waals surface area contributed by atoms with Gasteiger partial charge in [-0.15, -0.1) is 0 Å². The summed E-state index contributed by atoms with van der Waals surface area (Å²) in [4.78, 5) is 19.0. The van der Waals surface area contributed by atoms with Gasteiger partial charge in [-0.1, -0.05) is 6.92 Å². The van der Waals surface area contributed by atoms with Crippen molar-refractivity contribution < 1.29 is 13.5 Å². The number of hydrogen-bond acceptors (Lipinski definition) is 6. The van der Waals surface area contributed by atoms with Crippen molar-refractivity contribution >= 4 is 11.2 Å². The Bertz CT molecular complexity index is 1170. The third kappa shape index (κ3) is 4.42. The zero-order chi connectivity index (χ0) is 24.0. The zero-order valence-corrected chi connectivity index (χ0v) is 20.2. The van der Waals surface area contributed by atoms with E-state index < -0.39 is 12.3 Å². The molecule has 34 heavy (non-hydrogen) atoms. The molecule has 0 aliphatic heterocycles. The molecule has 9 heteroatoms. The summed E-state index contributed by atoms with van der Waals surface area (Å²) in [6.07, 6.45) is 4.89. The van der Waals surface area contributed by atoms with Gasteiger partial charge in [0.15, 0.2) is 5.65 Å². The fourth-order valence-electron chi connectivity index (χ4n) is 4.92. The first-order valence-electron chi connectivity index (χ1n) is 12.3. The molecule has 3 heterocycles. The van der Waals surface area contributed by atoms with E-state index in [1.807, 2.05) is 24.7 Å². The number of alkyl halides is 2. The molecule has 0 amide bonds. The molecule has 0 N–H and O–H groups in total. The van der Waals surface area contributed by atoms with Crippen LogP contribution in [0.15, 0.2) is 12.4 Å². The second-order valence-electron chi connectivity index (χ2n) is 9.78. The SMILES string of the molecule is CCC(CC(OC)c1cnn(C2CC2)c1)c1nc(C2CC(F)C(F)C2)c2nc(C)c(C)nc2n1. The third-order valence-electron chi connectivity index (χ3n) is 7.34. The van der Waals surface area contributed by atoms with Gasteiger partial charge in [-0.2, -0.15) is 5.10 Å². The van der Waals surface area contributed by atoms with Crippen LogP contribution in [-0.4, -0.2) is 49.2 Å². The number of halogens is 2. The fraction of sp³-hybridized carbons (Fsp3) is 0.640. The van der Waals surface area contributed by atoms with E-state index in [1.54, 1.807) is 7.11 Å².